The van der Waals surface area contributed by atoms with E-state index in [4.69, 9.17) is 11.6 Å². The third-order valence-corrected chi connectivity index (χ3v) is 21.3. The van der Waals surface area contributed by atoms with Crippen LogP contribution in [-0.4, -0.2) is 250 Å². The highest BCUT2D eigenvalue weighted by atomic mass is 35.5. The van der Waals surface area contributed by atoms with Crippen molar-refractivity contribution in [3.05, 3.63) is 69.7 Å². The number of nitrogens with one attached hydrogen (secondary N) is 3. The number of fused-ring (bicyclic) bond motifs is 2. The molecule has 1 spiro atoms. The van der Waals surface area contributed by atoms with Gasteiger partial charge in [0.2, 0.25) is 70.9 Å². The van der Waals surface area contributed by atoms with E-state index in [9.17, 15) is 46.7 Å². The smallest absolute Gasteiger partial charge is 0.347 e. The number of likely N-dealkylation sites (N-methyl/N-ethyl adjacent to an activating group) is 7. The van der Waals surface area contributed by atoms with Crippen LogP contribution in [0.15, 0.2) is 42.5 Å². The maximum absolute atomic E-state index is 15.4. The minimum Gasteiger partial charge on any atom is -0.347 e. The average Bonchev–Trinajstić information content (AvgIpc) is 1.22. The zero-order valence-corrected chi connectivity index (χ0v) is 61.9. The molecule has 1 aliphatic carbocycles. The third-order valence-electron chi connectivity index (χ3n) is 21.0. The summed E-state index contributed by atoms with van der Waals surface area (Å²) in [6.07, 6.45) is -3.01. The zero-order chi connectivity index (χ0) is 74.7. The lowest BCUT2D eigenvalue weighted by molar-refractivity contribution is -0.160. The second-order valence-corrected chi connectivity index (χ2v) is 29.0. The summed E-state index contributed by atoms with van der Waals surface area (Å²) >= 11 is 6.16. The highest BCUT2D eigenvalue weighted by Gasteiger charge is 2.51. The number of aryl methyl sites for hydroxylation is 2. The molecule has 554 valence electrons. The van der Waals surface area contributed by atoms with Gasteiger partial charge in [0.15, 0.2) is 0 Å². The van der Waals surface area contributed by atoms with Crippen LogP contribution in [0.3, 0.4) is 0 Å². The molecule has 28 heteroatoms. The predicted molar refractivity (Wildman–Crippen MR) is 370 cm³/mol. The molecule has 3 saturated heterocycles. The van der Waals surface area contributed by atoms with Crippen molar-refractivity contribution < 1.29 is 70.7 Å². The topological polar surface area (TPSA) is 270 Å². The lowest BCUT2D eigenvalue weighted by Gasteiger charge is -2.45. The molecule has 3 heterocycles. The molecule has 0 aromatic heterocycles. The van der Waals surface area contributed by atoms with E-state index in [1.165, 1.54) is 102 Å². The normalized spacial score (nSPS) is 26.0. The van der Waals surface area contributed by atoms with Crippen molar-refractivity contribution in [3.8, 4) is 0 Å². The molecule has 12 amide bonds. The van der Waals surface area contributed by atoms with E-state index in [0.717, 1.165) is 22.6 Å². The molecule has 0 unspecified atom stereocenters. The predicted octanol–water partition coefficient (Wildman–Crippen LogP) is 5.47. The second kappa shape index (κ2) is 34.7. The number of carbonyl (C=O) groups is 12. The number of hydrogen-bond acceptors (Lipinski definition) is 12. The fourth-order valence-corrected chi connectivity index (χ4v) is 14.3. The highest BCUT2D eigenvalue weighted by molar-refractivity contribution is 6.31. The van der Waals surface area contributed by atoms with E-state index in [2.05, 4.69) is 16.0 Å². The summed E-state index contributed by atoms with van der Waals surface area (Å²) in [6, 6.07) is -0.997. The first-order valence-electron chi connectivity index (χ1n) is 35.1. The molecule has 3 aliphatic heterocycles. The molecule has 100 heavy (non-hydrogen) atoms. The number of rotatable bonds is 13. The van der Waals surface area contributed by atoms with Gasteiger partial charge in [-0.25, -0.2) is 0 Å². The lowest BCUT2D eigenvalue weighted by Crippen LogP contribution is -2.65. The van der Waals surface area contributed by atoms with Gasteiger partial charge in [-0.3, -0.25) is 57.5 Å². The van der Waals surface area contributed by atoms with E-state index in [0.29, 0.717) is 37.7 Å². The van der Waals surface area contributed by atoms with Crippen molar-refractivity contribution >= 4 is 82.5 Å². The largest absolute Gasteiger partial charge is 0.417 e. The summed E-state index contributed by atoms with van der Waals surface area (Å²) in [5, 5.41) is 8.11. The highest BCUT2D eigenvalue weighted by Crippen LogP contribution is 2.37. The maximum Gasteiger partial charge on any atom is 0.417 e. The number of hydrogen-bond donors (Lipinski definition) is 3. The van der Waals surface area contributed by atoms with Gasteiger partial charge in [0.25, 0.3) is 0 Å². The average molecular weight is 1420 g/mol. The summed E-state index contributed by atoms with van der Waals surface area (Å²) in [5.41, 5.74) is -0.826. The Morgan fingerprint density at radius 3 is 1.83 bits per heavy atom. The fraction of sp³-hybridized carbons (Fsp3) is 0.667. The van der Waals surface area contributed by atoms with Gasteiger partial charge in [0, 0.05) is 75.4 Å². The second-order valence-electron chi connectivity index (χ2n) is 28.6. The Hall–Kier alpha value is -7.84. The molecule has 0 bridgehead atoms. The van der Waals surface area contributed by atoms with Gasteiger partial charge in [0.1, 0.15) is 59.9 Å². The van der Waals surface area contributed by atoms with Crippen LogP contribution in [0.2, 0.25) is 5.02 Å². The van der Waals surface area contributed by atoms with Crippen molar-refractivity contribution in [2.75, 3.05) is 75.5 Å². The molecule has 3 N–H and O–H groups in total. The molecule has 0 radical (unpaired) electrons. The van der Waals surface area contributed by atoms with E-state index in [1.54, 1.807) is 32.9 Å². The Bertz CT molecular complexity index is 3330. The molecule has 6 rings (SSSR count). The Labute approximate surface area is 592 Å². The van der Waals surface area contributed by atoms with Crippen molar-refractivity contribution in [1.82, 2.24) is 60.0 Å². The van der Waals surface area contributed by atoms with Gasteiger partial charge < -0.3 is 60.0 Å². The zero-order valence-electron chi connectivity index (χ0n) is 61.1. The van der Waals surface area contributed by atoms with E-state index >= 15 is 24.0 Å². The minimum absolute atomic E-state index is 0.0148. The number of benzene rings is 2. The van der Waals surface area contributed by atoms with Gasteiger partial charge in [-0.2, -0.15) is 13.2 Å². The number of nitrogens with zero attached hydrogens (tertiary/aromatic N) is 9. The Kier molecular flexibility index (Phi) is 28.1. The fourth-order valence-electron chi connectivity index (χ4n) is 14.0. The van der Waals surface area contributed by atoms with Crippen LogP contribution in [-0.2, 0) is 76.6 Å². The molecule has 1 saturated carbocycles. The summed E-state index contributed by atoms with van der Waals surface area (Å²) in [4.78, 5) is 191. The van der Waals surface area contributed by atoms with Crippen LogP contribution in [0.5, 0.6) is 0 Å². The molecule has 4 fully saturated rings. The van der Waals surface area contributed by atoms with Gasteiger partial charge >= 0.3 is 6.18 Å². The van der Waals surface area contributed by atoms with Crippen molar-refractivity contribution in [2.24, 2.45) is 17.8 Å². The number of carbonyl (C=O) groups excluding carboxylic acids is 12. The molecule has 4 aliphatic rings. The summed E-state index contributed by atoms with van der Waals surface area (Å²) in [5.74, 6) is -9.41. The molecule has 24 nitrogen and oxygen atoms in total. The molecule has 11 atom stereocenters. The molecular formula is C72H106ClF3N12O12. The van der Waals surface area contributed by atoms with Gasteiger partial charge in [-0.05, 0) is 113 Å². The molecular weight excluding hydrogens is 1320 g/mol. The van der Waals surface area contributed by atoms with Gasteiger partial charge in [-0.1, -0.05) is 115 Å². The summed E-state index contributed by atoms with van der Waals surface area (Å²) in [6.45, 7) is 15.3. The van der Waals surface area contributed by atoms with E-state index in [-0.39, 0.29) is 82.5 Å². The monoisotopic (exact) mass is 1420 g/mol. The first-order chi connectivity index (χ1) is 46.9. The van der Waals surface area contributed by atoms with Crippen LogP contribution in [0, 0.1) is 24.7 Å². The SMILES string of the molecule is CC[C@H](C)[C@@H]1NC(=O)[C@H](CC(C)C)N(C)C(=O)C[C@@H](C(=O)N(C)C)N(C)C(=O)[C@H]([C@@H](C)CC)N(C)C(=O)C2(CCCC2)NC(=O)[C@@H]2CCCN2C(=O)[C@H](CCc2ccc(C(F)(F)F)c(Cl)c2)NC(=O)CN(CC)C(=O)[C@H](Cc2ccc(C)cc2)N(C)C(=O)[C@@H]2CCN2C(=O)[C@H](C)N(C)C1=O. The first kappa shape index (κ1) is 81.1. The Morgan fingerprint density at radius 2 is 1.28 bits per heavy atom. The summed E-state index contributed by atoms with van der Waals surface area (Å²) < 4.78 is 41.7. The molecule has 2 aromatic rings. The van der Waals surface area contributed by atoms with Crippen LogP contribution in [0.1, 0.15) is 155 Å². The standard InChI is InChI=1S/C72H106ClF3N12O12/c1-17-44(7)59-68(98)81(12)46(9)63(93)88-36-32-53(88)66(96)83(14)55(39-48-26-24-43(6)25-27-48)67(97)86(19-3)41-57(89)77-51(31-29-47-28-30-49(50(73)38-47)72(74,75)76)64(94)87-35-22-23-52(87)62(92)79-71(33-20-21-34-71)70(100)85(16)60(45(8)18-2)69(99)84(15)56(65(95)80(10)11)40-58(90)82(13)54(37-42(4)5)61(91)78-59/h24-28,30,38,42,44-46,51-56,59-60H,17-23,29,31-37,39-41H2,1-16H3,(H,77,89)(H,78,91)(H,79,92)/t44-,45-,46-,51-,52-,53-,54-,55-,56-,59-,60-/m0/s1. The van der Waals surface area contributed by atoms with Crippen molar-refractivity contribution in [3.63, 3.8) is 0 Å². The summed E-state index contributed by atoms with van der Waals surface area (Å²) in [7, 11) is 9.97. The van der Waals surface area contributed by atoms with Crippen molar-refractivity contribution in [2.45, 2.75) is 218 Å². The third kappa shape index (κ3) is 18.8. The van der Waals surface area contributed by atoms with E-state index in [1.807, 2.05) is 46.8 Å². The van der Waals surface area contributed by atoms with Gasteiger partial charge in [-0.15, -0.1) is 0 Å². The Balaban J connectivity index is 1.46. The lowest BCUT2D eigenvalue weighted by atomic mass is 9.90. The van der Waals surface area contributed by atoms with Crippen LogP contribution < -0.4 is 16.0 Å². The van der Waals surface area contributed by atoms with Crippen LogP contribution >= 0.6 is 11.6 Å². The molecule has 2 aromatic carbocycles. The first-order valence-corrected chi connectivity index (χ1v) is 35.5. The quantitative estimate of drug-likeness (QED) is 0.226. The number of halogens is 4. The van der Waals surface area contributed by atoms with Gasteiger partial charge in [0.05, 0.1) is 23.6 Å². The van der Waals surface area contributed by atoms with Crippen molar-refractivity contribution in [1.29, 1.82) is 0 Å². The minimum atomic E-state index is -4.77. The Morgan fingerprint density at radius 1 is 0.670 bits per heavy atom. The van der Waals surface area contributed by atoms with Crippen LogP contribution in [0.4, 0.5) is 13.2 Å². The number of alkyl halides is 3. The number of amides is 12. The maximum atomic E-state index is 15.4. The van der Waals surface area contributed by atoms with E-state index < -0.39 is 172 Å². The van der Waals surface area contributed by atoms with Crippen LogP contribution in [0.25, 0.3) is 0 Å².